The van der Waals surface area contributed by atoms with Crippen molar-refractivity contribution in [3.8, 4) is 6.07 Å². The van der Waals surface area contributed by atoms with Gasteiger partial charge in [0.15, 0.2) is 0 Å². The Labute approximate surface area is 116 Å². The van der Waals surface area contributed by atoms with Crippen molar-refractivity contribution >= 4 is 5.69 Å². The van der Waals surface area contributed by atoms with Crippen LogP contribution in [-0.4, -0.2) is 17.5 Å². The van der Waals surface area contributed by atoms with Crippen molar-refractivity contribution in [3.63, 3.8) is 0 Å². The third-order valence-electron chi connectivity index (χ3n) is 4.05. The number of nitrogen functional groups attached to an aromatic ring is 1. The van der Waals surface area contributed by atoms with E-state index >= 15 is 0 Å². The zero-order valence-electron chi connectivity index (χ0n) is 11.9. The van der Waals surface area contributed by atoms with Crippen LogP contribution in [0.1, 0.15) is 38.7 Å². The molecule has 2 N–H and O–H groups in total. The van der Waals surface area contributed by atoms with E-state index < -0.39 is 0 Å². The Morgan fingerprint density at radius 3 is 2.42 bits per heavy atom. The van der Waals surface area contributed by atoms with Crippen LogP contribution in [0.25, 0.3) is 0 Å². The van der Waals surface area contributed by atoms with Crippen LogP contribution in [0.4, 0.5) is 5.69 Å². The van der Waals surface area contributed by atoms with Gasteiger partial charge in [0.1, 0.15) is 0 Å². The first-order chi connectivity index (χ1) is 9.04. The second-order valence-electron chi connectivity index (χ2n) is 6.08. The van der Waals surface area contributed by atoms with Crippen LogP contribution in [0, 0.1) is 16.7 Å². The molecule has 3 heteroatoms. The van der Waals surface area contributed by atoms with Crippen LogP contribution in [0.15, 0.2) is 24.3 Å². The first kappa shape index (κ1) is 13.9. The van der Waals surface area contributed by atoms with Crippen LogP contribution in [-0.2, 0) is 6.54 Å². The maximum absolute atomic E-state index is 8.93. The van der Waals surface area contributed by atoms with Crippen molar-refractivity contribution in [3.05, 3.63) is 29.8 Å². The average Bonchev–Trinajstić information content (AvgIpc) is 3.11. The van der Waals surface area contributed by atoms with Crippen molar-refractivity contribution in [2.75, 3.05) is 12.3 Å². The van der Waals surface area contributed by atoms with Gasteiger partial charge >= 0.3 is 0 Å². The van der Waals surface area contributed by atoms with Gasteiger partial charge in [0.2, 0.25) is 0 Å². The van der Waals surface area contributed by atoms with Gasteiger partial charge in [-0.05, 0) is 49.8 Å². The molecule has 1 saturated carbocycles. The Hall–Kier alpha value is -1.53. The lowest BCUT2D eigenvalue weighted by molar-refractivity contribution is 0.170. The minimum atomic E-state index is 0.271. The Balaban J connectivity index is 2.01. The number of hydrogen-bond acceptors (Lipinski definition) is 3. The van der Waals surface area contributed by atoms with Gasteiger partial charge in [0.25, 0.3) is 0 Å². The van der Waals surface area contributed by atoms with E-state index in [2.05, 4.69) is 36.9 Å². The molecule has 2 rings (SSSR count). The highest BCUT2D eigenvalue weighted by Crippen LogP contribution is 2.49. The fraction of sp³-hybridized carbons (Fsp3) is 0.562. The smallest absolute Gasteiger partial charge is 0.0628 e. The predicted octanol–water partition coefficient (Wildman–Crippen LogP) is 3.17. The third kappa shape index (κ3) is 3.71. The van der Waals surface area contributed by atoms with E-state index in [9.17, 15) is 0 Å². The third-order valence-corrected chi connectivity index (χ3v) is 4.05. The number of benzene rings is 1. The van der Waals surface area contributed by atoms with Crippen LogP contribution < -0.4 is 5.73 Å². The van der Waals surface area contributed by atoms with Crippen LogP contribution in [0.5, 0.6) is 0 Å². The van der Waals surface area contributed by atoms with Crippen molar-refractivity contribution in [2.24, 2.45) is 5.41 Å². The lowest BCUT2D eigenvalue weighted by Gasteiger charge is -2.30. The molecule has 0 bridgehead atoms. The Morgan fingerprint density at radius 1 is 1.32 bits per heavy atom. The highest BCUT2D eigenvalue weighted by Gasteiger charge is 2.43. The standard InChI is InChI=1S/C16H23N3/c1-13(2)19(12-16(7-8-16)9-10-17)11-14-3-5-15(18)6-4-14/h3-6,13H,7-9,11-12,18H2,1-2H3. The molecule has 0 amide bonds. The molecule has 0 heterocycles. The van der Waals surface area contributed by atoms with Gasteiger partial charge in [-0.3, -0.25) is 4.90 Å². The minimum absolute atomic E-state index is 0.271. The van der Waals surface area contributed by atoms with E-state index in [1.165, 1.54) is 18.4 Å². The number of nitrogens with two attached hydrogens (primary N) is 1. The van der Waals surface area contributed by atoms with E-state index in [4.69, 9.17) is 11.0 Å². The van der Waals surface area contributed by atoms with E-state index in [0.717, 1.165) is 18.8 Å². The minimum Gasteiger partial charge on any atom is -0.399 e. The summed E-state index contributed by atoms with van der Waals surface area (Å²) in [5.41, 5.74) is 8.09. The van der Waals surface area contributed by atoms with Gasteiger partial charge in [0, 0.05) is 31.2 Å². The summed E-state index contributed by atoms with van der Waals surface area (Å²) in [6, 6.07) is 10.9. The summed E-state index contributed by atoms with van der Waals surface area (Å²) in [5, 5.41) is 8.93. The van der Waals surface area contributed by atoms with Crippen molar-refractivity contribution in [1.29, 1.82) is 5.26 Å². The molecule has 0 aromatic heterocycles. The van der Waals surface area contributed by atoms with E-state index in [-0.39, 0.29) is 5.41 Å². The highest BCUT2D eigenvalue weighted by atomic mass is 15.2. The molecule has 1 aliphatic rings. The first-order valence-electron chi connectivity index (χ1n) is 7.00. The Kier molecular flexibility index (Phi) is 4.11. The maximum Gasteiger partial charge on any atom is 0.0628 e. The molecule has 102 valence electrons. The molecule has 19 heavy (non-hydrogen) atoms. The van der Waals surface area contributed by atoms with Gasteiger partial charge < -0.3 is 5.73 Å². The van der Waals surface area contributed by atoms with Gasteiger partial charge in [-0.2, -0.15) is 5.26 Å². The van der Waals surface area contributed by atoms with Crippen molar-refractivity contribution in [1.82, 2.24) is 4.90 Å². The van der Waals surface area contributed by atoms with Gasteiger partial charge in [-0.15, -0.1) is 0 Å². The van der Waals surface area contributed by atoms with Gasteiger partial charge in [-0.1, -0.05) is 12.1 Å². The molecule has 0 unspecified atom stereocenters. The monoisotopic (exact) mass is 257 g/mol. The van der Waals surface area contributed by atoms with E-state index in [1.54, 1.807) is 0 Å². The normalized spacial score (nSPS) is 16.6. The molecule has 1 fully saturated rings. The summed E-state index contributed by atoms with van der Waals surface area (Å²) in [5.74, 6) is 0. The zero-order valence-corrected chi connectivity index (χ0v) is 11.9. The van der Waals surface area contributed by atoms with Crippen molar-refractivity contribution < 1.29 is 0 Å². The molecule has 0 atom stereocenters. The molecule has 0 spiro atoms. The topological polar surface area (TPSA) is 53.0 Å². The first-order valence-corrected chi connectivity index (χ1v) is 7.00. The largest absolute Gasteiger partial charge is 0.399 e. The predicted molar refractivity (Wildman–Crippen MR) is 78.3 cm³/mol. The SMILES string of the molecule is CC(C)N(Cc1ccc(N)cc1)CC1(CC#N)CC1. The molecule has 1 aliphatic carbocycles. The Morgan fingerprint density at radius 2 is 1.95 bits per heavy atom. The zero-order chi connectivity index (χ0) is 13.9. The number of rotatable bonds is 6. The van der Waals surface area contributed by atoms with Gasteiger partial charge in [0.05, 0.1) is 6.07 Å². The second kappa shape index (κ2) is 5.63. The molecule has 0 aliphatic heterocycles. The summed E-state index contributed by atoms with van der Waals surface area (Å²) in [4.78, 5) is 2.47. The molecule has 0 radical (unpaired) electrons. The number of hydrogen-bond donors (Lipinski definition) is 1. The second-order valence-corrected chi connectivity index (χ2v) is 6.08. The summed E-state index contributed by atoms with van der Waals surface area (Å²) < 4.78 is 0. The molecule has 0 saturated heterocycles. The quantitative estimate of drug-likeness (QED) is 0.796. The number of anilines is 1. The summed E-state index contributed by atoms with van der Waals surface area (Å²) in [6.07, 6.45) is 3.09. The average molecular weight is 257 g/mol. The fourth-order valence-electron chi connectivity index (χ4n) is 2.44. The maximum atomic E-state index is 8.93. The van der Waals surface area contributed by atoms with Crippen LogP contribution >= 0.6 is 0 Å². The molecular weight excluding hydrogens is 234 g/mol. The highest BCUT2D eigenvalue weighted by molar-refractivity contribution is 5.39. The van der Waals surface area contributed by atoms with E-state index in [0.29, 0.717) is 12.5 Å². The lowest BCUT2D eigenvalue weighted by Crippen LogP contribution is -2.35. The summed E-state index contributed by atoms with van der Waals surface area (Å²) >= 11 is 0. The molecule has 1 aromatic carbocycles. The lowest BCUT2D eigenvalue weighted by atomic mass is 10.0. The molecular formula is C16H23N3. The van der Waals surface area contributed by atoms with Gasteiger partial charge in [-0.25, -0.2) is 0 Å². The van der Waals surface area contributed by atoms with Crippen LogP contribution in [0.2, 0.25) is 0 Å². The molecule has 1 aromatic rings. The van der Waals surface area contributed by atoms with E-state index in [1.807, 2.05) is 12.1 Å². The summed E-state index contributed by atoms with van der Waals surface area (Å²) in [7, 11) is 0. The summed E-state index contributed by atoms with van der Waals surface area (Å²) in [6.45, 7) is 6.41. The molecule has 3 nitrogen and oxygen atoms in total. The number of nitriles is 1. The van der Waals surface area contributed by atoms with Crippen LogP contribution in [0.3, 0.4) is 0 Å². The van der Waals surface area contributed by atoms with Crippen molar-refractivity contribution in [2.45, 2.75) is 45.7 Å². The fourth-order valence-corrected chi connectivity index (χ4v) is 2.44. The Bertz CT molecular complexity index is 452. The number of nitrogens with zero attached hydrogens (tertiary/aromatic N) is 2.